The maximum Gasteiger partial charge on any atom is -0.0326 e. The van der Waals surface area contributed by atoms with E-state index in [0.29, 0.717) is 37.9 Å². The highest BCUT2D eigenvalue weighted by Gasteiger charge is 2.20. The molecule has 0 unspecified atom stereocenters. The zero-order valence-electron chi connectivity index (χ0n) is 38.8. The lowest BCUT2D eigenvalue weighted by molar-refractivity contribution is 0.242. The molecule has 0 nitrogen and oxygen atoms in total. The van der Waals surface area contributed by atoms with Crippen molar-refractivity contribution in [3.05, 3.63) is 0 Å². The first kappa shape index (κ1) is 56.4. The zero-order chi connectivity index (χ0) is 38.8. The maximum absolute atomic E-state index is 2.45. The lowest BCUT2D eigenvalue weighted by Crippen LogP contribution is -2.15. The van der Waals surface area contributed by atoms with Gasteiger partial charge in [-0.2, -0.15) is 0 Å². The maximum atomic E-state index is 2.45. The molecule has 0 rings (SSSR count). The Morgan fingerprint density at radius 1 is 0.255 bits per heavy atom. The highest BCUT2D eigenvalue weighted by molar-refractivity contribution is 4.72. The molecule has 0 aromatic heterocycles. The van der Waals surface area contributed by atoms with E-state index in [9.17, 15) is 0 Å². The Morgan fingerprint density at radius 2 is 0.489 bits per heavy atom. The molecule has 0 atom stereocenters. The average Bonchev–Trinajstić information content (AvgIpc) is 2.91. The van der Waals surface area contributed by atoms with Gasteiger partial charge in [0.15, 0.2) is 0 Å². The van der Waals surface area contributed by atoms with Crippen LogP contribution >= 0.6 is 0 Å². The summed E-state index contributed by atoms with van der Waals surface area (Å²) >= 11 is 0. The van der Waals surface area contributed by atoms with Crippen molar-refractivity contribution in [2.24, 2.45) is 37.9 Å². The van der Waals surface area contributed by atoms with E-state index in [0.717, 1.165) is 0 Å². The summed E-state index contributed by atoms with van der Waals surface area (Å²) < 4.78 is 0. The standard InChI is InChI=1S/2C11H24.C10H22.C8H18.C7H16/c1-10(2,3)8-7-9-11(4,5)6;1-5-8-11(4,9-6-2)10-7-3;1-9(2,3)7-8-10(4,5)6;1-5-8(4,6-2)7-3;1-5-7(3,4)6-2/h7-9H2,1-6H3;5-10H2,1-4H3;7-8H2,1-6H3;5-7H2,1-4H3;5-6H2,1-4H3. The van der Waals surface area contributed by atoms with E-state index < -0.39 is 0 Å². The van der Waals surface area contributed by atoms with Crippen LogP contribution in [0.2, 0.25) is 0 Å². The van der Waals surface area contributed by atoms with E-state index in [4.69, 9.17) is 0 Å². The van der Waals surface area contributed by atoms with Gasteiger partial charge < -0.3 is 0 Å². The van der Waals surface area contributed by atoms with Gasteiger partial charge >= 0.3 is 0 Å². The molecule has 0 saturated carbocycles. The Balaban J connectivity index is -0.000000158. The van der Waals surface area contributed by atoms with Crippen LogP contribution in [0.3, 0.4) is 0 Å². The highest BCUT2D eigenvalue weighted by atomic mass is 14.3. The van der Waals surface area contributed by atoms with Gasteiger partial charge in [0.05, 0.1) is 0 Å². The Labute approximate surface area is 306 Å². The molecule has 0 bridgehead atoms. The third-order valence-electron chi connectivity index (χ3n) is 10.5. The fourth-order valence-corrected chi connectivity index (χ4v) is 5.08. The van der Waals surface area contributed by atoms with Gasteiger partial charge in [0.2, 0.25) is 0 Å². The van der Waals surface area contributed by atoms with E-state index >= 15 is 0 Å². The summed E-state index contributed by atoms with van der Waals surface area (Å²) in [5.41, 5.74) is 3.91. The van der Waals surface area contributed by atoms with Crippen molar-refractivity contribution < 1.29 is 0 Å². The van der Waals surface area contributed by atoms with Crippen LogP contribution in [0.15, 0.2) is 0 Å². The molecule has 0 radical (unpaired) electrons. The molecule has 0 N–H and O–H groups in total. The normalized spacial score (nSPS) is 12.8. The summed E-state index contributed by atoms with van der Waals surface area (Å²) in [5, 5.41) is 0. The topological polar surface area (TPSA) is 0 Å². The molecule has 0 heterocycles. The van der Waals surface area contributed by atoms with Gasteiger partial charge in [-0.15, -0.1) is 0 Å². The molecule has 0 aliphatic rings. The molecule has 0 spiro atoms. The minimum atomic E-state index is 0.507. The van der Waals surface area contributed by atoms with Gasteiger partial charge in [0, 0.05) is 0 Å². The van der Waals surface area contributed by atoms with Crippen LogP contribution in [0, 0.1) is 37.9 Å². The SMILES string of the molecule is CC(C)(C)CCC(C)(C)C.CC(C)(C)CCCC(C)(C)C.CCC(C)(C)CC.CCC(C)(CC)CC.CCCC(C)(CCC)CCC. The number of rotatable bonds is 14. The molecule has 0 aliphatic carbocycles. The number of hydrogen-bond donors (Lipinski definition) is 0. The summed E-state index contributed by atoms with van der Waals surface area (Å²) in [5.74, 6) is 0. The Hall–Kier alpha value is 0. The van der Waals surface area contributed by atoms with E-state index in [2.05, 4.69) is 166 Å². The van der Waals surface area contributed by atoms with Crippen LogP contribution in [0.25, 0.3) is 0 Å². The van der Waals surface area contributed by atoms with Crippen LogP contribution < -0.4 is 0 Å². The van der Waals surface area contributed by atoms with Gasteiger partial charge in [0.25, 0.3) is 0 Å². The van der Waals surface area contributed by atoms with E-state index in [1.54, 1.807) is 0 Å². The summed E-state index contributed by atoms with van der Waals surface area (Å²) in [6, 6.07) is 0. The summed E-state index contributed by atoms with van der Waals surface area (Å²) in [6.45, 7) is 55.3. The fourth-order valence-electron chi connectivity index (χ4n) is 5.08. The van der Waals surface area contributed by atoms with Crippen molar-refractivity contribution in [1.82, 2.24) is 0 Å². The van der Waals surface area contributed by atoms with Crippen molar-refractivity contribution >= 4 is 0 Å². The van der Waals surface area contributed by atoms with Crippen LogP contribution in [-0.2, 0) is 0 Å². The molecule has 0 fully saturated rings. The molecule has 0 aromatic rings. The van der Waals surface area contributed by atoms with Crippen molar-refractivity contribution in [3.8, 4) is 0 Å². The predicted molar refractivity (Wildman–Crippen MR) is 227 cm³/mol. The molecule has 0 aromatic carbocycles. The zero-order valence-corrected chi connectivity index (χ0v) is 38.8. The third-order valence-corrected chi connectivity index (χ3v) is 10.5. The van der Waals surface area contributed by atoms with Gasteiger partial charge in [0.1, 0.15) is 0 Å². The molecule has 0 amide bonds. The molecule has 0 saturated heterocycles. The second kappa shape index (κ2) is 27.7. The molecule has 0 aliphatic heterocycles. The molecule has 47 heavy (non-hydrogen) atoms. The predicted octanol–water partition coefficient (Wildman–Crippen LogP) is 18.6. The first-order chi connectivity index (χ1) is 20.9. The van der Waals surface area contributed by atoms with Crippen molar-refractivity contribution in [2.45, 2.75) is 269 Å². The Bertz CT molecular complexity index is 570. The average molecular weight is 669 g/mol. The summed E-state index contributed by atoms with van der Waals surface area (Å²) in [6.07, 6.45) is 21.5. The molecule has 292 valence electrons. The fraction of sp³-hybridized carbons (Fsp3) is 1.00. The van der Waals surface area contributed by atoms with E-state index in [-0.39, 0.29) is 0 Å². The molecular formula is C47H104. The van der Waals surface area contributed by atoms with Crippen LogP contribution in [-0.4, -0.2) is 0 Å². The highest BCUT2D eigenvalue weighted by Crippen LogP contribution is 2.34. The number of hydrogen-bond acceptors (Lipinski definition) is 0. The second-order valence-electron chi connectivity index (χ2n) is 21.4. The smallest absolute Gasteiger partial charge is 0.0326 e. The Kier molecular flexibility index (Phi) is 33.2. The second-order valence-corrected chi connectivity index (χ2v) is 21.4. The molecular weight excluding hydrogens is 565 g/mol. The lowest BCUT2D eigenvalue weighted by Gasteiger charge is -2.28. The van der Waals surface area contributed by atoms with Crippen molar-refractivity contribution in [2.75, 3.05) is 0 Å². The van der Waals surface area contributed by atoms with Gasteiger partial charge in [-0.25, -0.2) is 0 Å². The quantitative estimate of drug-likeness (QED) is 0.173. The van der Waals surface area contributed by atoms with E-state index in [1.807, 2.05) is 0 Å². The van der Waals surface area contributed by atoms with Crippen molar-refractivity contribution in [3.63, 3.8) is 0 Å². The third kappa shape index (κ3) is 50.5. The largest absolute Gasteiger partial charge is 0.0654 e. The Morgan fingerprint density at radius 3 is 0.596 bits per heavy atom. The lowest BCUT2D eigenvalue weighted by atomic mass is 9.78. The summed E-state index contributed by atoms with van der Waals surface area (Å²) in [7, 11) is 0. The summed E-state index contributed by atoms with van der Waals surface area (Å²) in [4.78, 5) is 0. The minimum absolute atomic E-state index is 0.507. The van der Waals surface area contributed by atoms with Gasteiger partial charge in [-0.1, -0.05) is 224 Å². The minimum Gasteiger partial charge on any atom is -0.0654 e. The molecule has 0 heteroatoms. The first-order valence-electron chi connectivity index (χ1n) is 20.9. The van der Waals surface area contributed by atoms with Crippen LogP contribution in [0.5, 0.6) is 0 Å². The van der Waals surface area contributed by atoms with Crippen molar-refractivity contribution in [1.29, 1.82) is 0 Å². The van der Waals surface area contributed by atoms with E-state index in [1.165, 1.54) is 103 Å². The first-order valence-corrected chi connectivity index (χ1v) is 20.9. The monoisotopic (exact) mass is 669 g/mol. The van der Waals surface area contributed by atoms with Crippen LogP contribution in [0.4, 0.5) is 0 Å². The van der Waals surface area contributed by atoms with Crippen LogP contribution in [0.1, 0.15) is 269 Å². The van der Waals surface area contributed by atoms with Gasteiger partial charge in [-0.3, -0.25) is 0 Å². The van der Waals surface area contributed by atoms with Gasteiger partial charge in [-0.05, 0) is 82.9 Å².